The summed E-state index contributed by atoms with van der Waals surface area (Å²) in [6.45, 7) is 1.98. The van der Waals surface area contributed by atoms with Gasteiger partial charge in [0.1, 0.15) is 0 Å². The lowest BCUT2D eigenvalue weighted by molar-refractivity contribution is 0.717. The van der Waals surface area contributed by atoms with Crippen LogP contribution in [0.4, 0.5) is 0 Å². The molecule has 2 N–H and O–H groups in total. The first-order valence-corrected chi connectivity index (χ1v) is 6.37. The Kier molecular flexibility index (Phi) is 3.92. The highest BCUT2D eigenvalue weighted by atomic mass is 79.9. The van der Waals surface area contributed by atoms with Crippen molar-refractivity contribution < 1.29 is 0 Å². The van der Waals surface area contributed by atoms with Gasteiger partial charge in [0.25, 0.3) is 0 Å². The van der Waals surface area contributed by atoms with Crippen molar-refractivity contribution in [3.63, 3.8) is 0 Å². The van der Waals surface area contributed by atoms with E-state index in [2.05, 4.69) is 33.0 Å². The summed E-state index contributed by atoms with van der Waals surface area (Å²) >= 11 is 3.46. The molecule has 0 radical (unpaired) electrons. The molecular weight excluding hydrogens is 276 g/mol. The van der Waals surface area contributed by atoms with Crippen molar-refractivity contribution in [2.75, 3.05) is 0 Å². The lowest BCUT2D eigenvalue weighted by Gasteiger charge is -2.12. The maximum Gasteiger partial charge on any atom is 0.0372 e. The van der Waals surface area contributed by atoms with E-state index in [1.165, 1.54) is 5.56 Å². The van der Waals surface area contributed by atoms with Crippen LogP contribution >= 0.6 is 15.9 Å². The number of hydrogen-bond acceptors (Lipinski definition) is 2. The highest BCUT2D eigenvalue weighted by Gasteiger charge is 2.07. The third kappa shape index (κ3) is 3.38. The van der Waals surface area contributed by atoms with Gasteiger partial charge in [0.05, 0.1) is 0 Å². The Hall–Kier alpha value is -1.19. The summed E-state index contributed by atoms with van der Waals surface area (Å²) in [4.78, 5) is 4.27. The zero-order valence-corrected chi connectivity index (χ0v) is 11.3. The summed E-state index contributed by atoms with van der Waals surface area (Å²) in [5, 5.41) is 0. The van der Waals surface area contributed by atoms with Crippen LogP contribution in [0.25, 0.3) is 0 Å². The zero-order chi connectivity index (χ0) is 12.3. The monoisotopic (exact) mass is 290 g/mol. The van der Waals surface area contributed by atoms with Gasteiger partial charge in [0.15, 0.2) is 0 Å². The molecule has 0 fully saturated rings. The summed E-state index contributed by atoms with van der Waals surface area (Å²) < 4.78 is 1.09. The van der Waals surface area contributed by atoms with Crippen molar-refractivity contribution in [2.24, 2.45) is 5.73 Å². The van der Waals surface area contributed by atoms with Crippen molar-refractivity contribution in [3.05, 3.63) is 63.9 Å². The van der Waals surface area contributed by atoms with Crippen molar-refractivity contribution in [2.45, 2.75) is 19.4 Å². The van der Waals surface area contributed by atoms with Crippen LogP contribution in [0.1, 0.15) is 22.9 Å². The predicted octanol–water partition coefficient (Wildman–Crippen LogP) is 3.40. The Balaban J connectivity index is 2.11. The third-order valence-electron chi connectivity index (χ3n) is 2.71. The van der Waals surface area contributed by atoms with E-state index in [1.807, 2.05) is 37.4 Å². The summed E-state index contributed by atoms with van der Waals surface area (Å²) in [5.74, 6) is 0. The van der Waals surface area contributed by atoms with Crippen LogP contribution < -0.4 is 5.73 Å². The molecule has 0 saturated heterocycles. The fourth-order valence-corrected chi connectivity index (χ4v) is 2.18. The molecule has 1 heterocycles. The summed E-state index contributed by atoms with van der Waals surface area (Å²) in [6.07, 6.45) is 2.68. The van der Waals surface area contributed by atoms with E-state index in [9.17, 15) is 0 Å². The van der Waals surface area contributed by atoms with Crippen molar-refractivity contribution >= 4 is 15.9 Å². The van der Waals surface area contributed by atoms with Crippen LogP contribution in [0, 0.1) is 6.92 Å². The normalized spacial score (nSPS) is 12.4. The van der Waals surface area contributed by atoms with Gasteiger partial charge in [0, 0.05) is 22.4 Å². The first-order valence-electron chi connectivity index (χ1n) is 5.58. The van der Waals surface area contributed by atoms with Gasteiger partial charge >= 0.3 is 0 Å². The van der Waals surface area contributed by atoms with Crippen LogP contribution in [0.5, 0.6) is 0 Å². The number of aryl methyl sites for hydroxylation is 1. The Bertz CT molecular complexity index is 494. The van der Waals surface area contributed by atoms with E-state index in [1.54, 1.807) is 0 Å². The van der Waals surface area contributed by atoms with Crippen LogP contribution in [-0.4, -0.2) is 4.98 Å². The molecule has 0 spiro atoms. The largest absolute Gasteiger partial charge is 0.324 e. The fraction of sp³-hybridized carbons (Fsp3) is 0.214. The van der Waals surface area contributed by atoms with E-state index in [0.29, 0.717) is 0 Å². The van der Waals surface area contributed by atoms with E-state index >= 15 is 0 Å². The lowest BCUT2D eigenvalue weighted by Crippen LogP contribution is -2.13. The molecule has 2 aromatic rings. The molecular formula is C14H15BrN2. The van der Waals surface area contributed by atoms with E-state index in [0.717, 1.165) is 22.2 Å². The number of pyridine rings is 1. The predicted molar refractivity (Wildman–Crippen MR) is 73.7 cm³/mol. The van der Waals surface area contributed by atoms with Gasteiger partial charge < -0.3 is 5.73 Å². The average molecular weight is 291 g/mol. The number of nitrogens with zero attached hydrogens (tertiary/aromatic N) is 1. The van der Waals surface area contributed by atoms with Crippen LogP contribution in [0.3, 0.4) is 0 Å². The van der Waals surface area contributed by atoms with E-state index < -0.39 is 0 Å². The number of benzene rings is 1. The Morgan fingerprint density at radius 2 is 2.12 bits per heavy atom. The molecule has 0 aliphatic heterocycles. The van der Waals surface area contributed by atoms with Crippen molar-refractivity contribution in [1.82, 2.24) is 4.98 Å². The minimum atomic E-state index is -0.00241. The molecule has 1 unspecified atom stereocenters. The molecule has 0 saturated carbocycles. The zero-order valence-electron chi connectivity index (χ0n) is 9.73. The Morgan fingerprint density at radius 3 is 2.76 bits per heavy atom. The standard InChI is InChI=1S/C14H15BrN2/c1-10-5-6-12(9-17-10)14(16)8-11-3-2-4-13(15)7-11/h2-7,9,14H,8,16H2,1H3. The molecule has 0 aliphatic carbocycles. The van der Waals surface area contributed by atoms with Gasteiger partial charge in [0.2, 0.25) is 0 Å². The molecule has 0 aliphatic rings. The molecule has 2 rings (SSSR count). The van der Waals surface area contributed by atoms with Gasteiger partial charge in [-0.1, -0.05) is 34.1 Å². The second kappa shape index (κ2) is 5.43. The van der Waals surface area contributed by atoms with Crippen molar-refractivity contribution in [1.29, 1.82) is 0 Å². The molecule has 17 heavy (non-hydrogen) atoms. The summed E-state index contributed by atoms with van der Waals surface area (Å²) in [7, 11) is 0. The molecule has 0 amide bonds. The molecule has 2 nitrogen and oxygen atoms in total. The molecule has 1 aromatic carbocycles. The van der Waals surface area contributed by atoms with Gasteiger partial charge in [-0.2, -0.15) is 0 Å². The smallest absolute Gasteiger partial charge is 0.0372 e. The summed E-state index contributed by atoms with van der Waals surface area (Å²) in [5.41, 5.74) is 9.50. The topological polar surface area (TPSA) is 38.9 Å². The SMILES string of the molecule is Cc1ccc(C(N)Cc2cccc(Br)c2)cn1. The number of rotatable bonds is 3. The molecule has 1 aromatic heterocycles. The Labute approximate surface area is 110 Å². The highest BCUT2D eigenvalue weighted by Crippen LogP contribution is 2.18. The average Bonchev–Trinajstić information content (AvgIpc) is 2.29. The second-order valence-electron chi connectivity index (χ2n) is 4.17. The number of halogens is 1. The van der Waals surface area contributed by atoms with Gasteiger partial charge in [-0.15, -0.1) is 0 Å². The van der Waals surface area contributed by atoms with E-state index in [-0.39, 0.29) is 6.04 Å². The van der Waals surface area contributed by atoms with Gasteiger partial charge in [-0.25, -0.2) is 0 Å². The summed E-state index contributed by atoms with van der Waals surface area (Å²) in [6, 6.07) is 12.3. The first kappa shape index (κ1) is 12.3. The fourth-order valence-electron chi connectivity index (χ4n) is 1.73. The van der Waals surface area contributed by atoms with Crippen LogP contribution in [0.15, 0.2) is 47.1 Å². The van der Waals surface area contributed by atoms with Crippen LogP contribution in [-0.2, 0) is 6.42 Å². The molecule has 1 atom stereocenters. The van der Waals surface area contributed by atoms with E-state index in [4.69, 9.17) is 5.73 Å². The maximum atomic E-state index is 6.17. The minimum Gasteiger partial charge on any atom is -0.324 e. The second-order valence-corrected chi connectivity index (χ2v) is 5.09. The maximum absolute atomic E-state index is 6.17. The highest BCUT2D eigenvalue weighted by molar-refractivity contribution is 9.10. The van der Waals surface area contributed by atoms with Crippen molar-refractivity contribution in [3.8, 4) is 0 Å². The van der Waals surface area contributed by atoms with Gasteiger partial charge in [-0.05, 0) is 42.7 Å². The first-order chi connectivity index (χ1) is 8.15. The Morgan fingerprint density at radius 1 is 1.29 bits per heavy atom. The lowest BCUT2D eigenvalue weighted by atomic mass is 10.0. The number of hydrogen-bond donors (Lipinski definition) is 1. The van der Waals surface area contributed by atoms with Crippen LogP contribution in [0.2, 0.25) is 0 Å². The molecule has 0 bridgehead atoms. The molecule has 3 heteroatoms. The number of nitrogens with two attached hydrogens (primary N) is 1. The minimum absolute atomic E-state index is 0.00241. The molecule has 88 valence electrons. The number of aromatic nitrogens is 1. The van der Waals surface area contributed by atoms with Gasteiger partial charge in [-0.3, -0.25) is 4.98 Å². The third-order valence-corrected chi connectivity index (χ3v) is 3.20. The quantitative estimate of drug-likeness (QED) is 0.941.